The van der Waals surface area contributed by atoms with Crippen molar-refractivity contribution in [2.75, 3.05) is 4.90 Å². The van der Waals surface area contributed by atoms with E-state index in [1.54, 1.807) is 0 Å². The number of anilines is 3. The number of benzene rings is 7. The van der Waals surface area contributed by atoms with Crippen molar-refractivity contribution in [2.24, 2.45) is 0 Å². The Morgan fingerprint density at radius 2 is 0.707 bits per heavy atom. The van der Waals surface area contributed by atoms with E-state index in [0.29, 0.717) is 0 Å². The maximum absolute atomic E-state index is 4.51. The number of hydrogen-bond donors (Lipinski definition) is 0. The van der Waals surface area contributed by atoms with E-state index in [4.69, 9.17) is 0 Å². The monoisotopic (exact) mass is 746 g/mol. The number of hydrogen-bond acceptors (Lipinski definition) is 2. The average molecular weight is 747 g/mol. The van der Waals surface area contributed by atoms with Crippen molar-refractivity contribution in [3.8, 4) is 55.6 Å². The van der Waals surface area contributed by atoms with Crippen molar-refractivity contribution < 1.29 is 0 Å². The first-order valence-electron chi connectivity index (χ1n) is 20.6. The Bertz CT molecular complexity index is 2860. The lowest BCUT2D eigenvalue weighted by Gasteiger charge is -2.32. The number of rotatable bonds is 5. The maximum Gasteiger partial charge on any atom is 0.0618 e. The zero-order valence-electron chi connectivity index (χ0n) is 34.1. The van der Waals surface area contributed by atoms with Crippen molar-refractivity contribution in [1.82, 2.24) is 4.98 Å². The van der Waals surface area contributed by atoms with Gasteiger partial charge in [-0.05, 0) is 114 Å². The van der Waals surface area contributed by atoms with Crippen molar-refractivity contribution >= 4 is 17.1 Å². The molecule has 0 radical (unpaired) electrons. The molecule has 0 unspecified atom stereocenters. The molecule has 3 aliphatic carbocycles. The van der Waals surface area contributed by atoms with Crippen LogP contribution < -0.4 is 4.90 Å². The molecule has 0 saturated heterocycles. The summed E-state index contributed by atoms with van der Waals surface area (Å²) in [6.45, 7) is 14.2. The van der Waals surface area contributed by atoms with Gasteiger partial charge in [-0.2, -0.15) is 0 Å². The summed E-state index contributed by atoms with van der Waals surface area (Å²) >= 11 is 0. The fourth-order valence-corrected chi connectivity index (χ4v) is 10.7. The molecule has 0 fully saturated rings. The molecule has 1 heterocycles. The van der Waals surface area contributed by atoms with Gasteiger partial charge in [0, 0.05) is 51.1 Å². The van der Waals surface area contributed by atoms with Crippen LogP contribution in [0.1, 0.15) is 74.9 Å². The van der Waals surface area contributed by atoms with Crippen LogP contribution in [0.3, 0.4) is 0 Å². The number of para-hydroxylation sites is 1. The SMILES string of the molecule is CC1(C)c2ccccc2-c2ccc(-c3cccc(-c4ccc5c(c4)C(C)(C)c4ccccc4-5)c3N(c3ccncc3)c3ccc4c(c3)C(C)(C)c3ccccc3-4)cc21. The minimum atomic E-state index is -0.144. The van der Waals surface area contributed by atoms with Gasteiger partial charge in [0.25, 0.3) is 0 Å². The third-order valence-electron chi connectivity index (χ3n) is 13.8. The fourth-order valence-electron chi connectivity index (χ4n) is 10.7. The van der Waals surface area contributed by atoms with Gasteiger partial charge in [-0.3, -0.25) is 4.98 Å². The molecule has 8 aromatic rings. The molecule has 280 valence electrons. The van der Waals surface area contributed by atoms with Gasteiger partial charge in [0.15, 0.2) is 0 Å². The Morgan fingerprint density at radius 3 is 1.17 bits per heavy atom. The molecular weight excluding hydrogens is 701 g/mol. The van der Waals surface area contributed by atoms with Crippen LogP contribution in [-0.4, -0.2) is 4.98 Å². The zero-order chi connectivity index (χ0) is 39.6. The Kier molecular flexibility index (Phi) is 7.33. The van der Waals surface area contributed by atoms with Crippen LogP contribution in [0.15, 0.2) is 170 Å². The summed E-state index contributed by atoms with van der Waals surface area (Å²) in [5, 5.41) is 0. The van der Waals surface area contributed by atoms with Crippen LogP contribution in [-0.2, 0) is 16.2 Å². The lowest BCUT2D eigenvalue weighted by Crippen LogP contribution is -2.17. The molecule has 0 atom stereocenters. The first-order chi connectivity index (χ1) is 28.0. The molecule has 0 N–H and O–H groups in total. The van der Waals surface area contributed by atoms with Crippen LogP contribution in [0.2, 0.25) is 0 Å². The third-order valence-corrected chi connectivity index (χ3v) is 13.8. The van der Waals surface area contributed by atoms with Crippen LogP contribution in [0.4, 0.5) is 17.1 Å². The highest BCUT2D eigenvalue weighted by atomic mass is 15.1. The van der Waals surface area contributed by atoms with E-state index < -0.39 is 0 Å². The molecule has 2 heteroatoms. The van der Waals surface area contributed by atoms with Crippen LogP contribution in [0.5, 0.6) is 0 Å². The molecule has 2 nitrogen and oxygen atoms in total. The maximum atomic E-state index is 4.51. The highest BCUT2D eigenvalue weighted by Crippen LogP contribution is 2.55. The Labute approximate surface area is 342 Å². The van der Waals surface area contributed by atoms with Crippen LogP contribution in [0.25, 0.3) is 55.6 Å². The highest BCUT2D eigenvalue weighted by Gasteiger charge is 2.39. The number of aromatic nitrogens is 1. The van der Waals surface area contributed by atoms with Crippen LogP contribution >= 0.6 is 0 Å². The second kappa shape index (κ2) is 12.2. The summed E-state index contributed by atoms with van der Waals surface area (Å²) in [7, 11) is 0. The lowest BCUT2D eigenvalue weighted by molar-refractivity contribution is 0.660. The average Bonchev–Trinajstić information content (AvgIpc) is 3.73. The molecule has 3 aliphatic rings. The smallest absolute Gasteiger partial charge is 0.0618 e. The topological polar surface area (TPSA) is 16.1 Å². The standard InChI is InChI=1S/C56H46N2/c1-54(2)47-19-10-7-14-41(47)44-25-22-35(32-50(44)54)39-17-13-18-40(36-23-26-45-42-15-8-11-20-48(42)55(3,4)51(45)33-36)53(39)58(37-28-30-57-31-29-37)38-24-27-46-43-16-9-12-21-49(43)56(5,6)52(46)34-38/h7-34H,1-6H3. The molecule has 0 amide bonds. The van der Waals surface area contributed by atoms with E-state index in [1.165, 1.54) is 89.0 Å². The molecule has 0 aliphatic heterocycles. The molecule has 11 rings (SSSR count). The summed E-state index contributed by atoms with van der Waals surface area (Å²) in [6, 6.07) is 59.4. The lowest BCUT2D eigenvalue weighted by atomic mass is 9.80. The van der Waals surface area contributed by atoms with Gasteiger partial charge in [-0.1, -0.05) is 163 Å². The van der Waals surface area contributed by atoms with E-state index in [-0.39, 0.29) is 16.2 Å². The van der Waals surface area contributed by atoms with Gasteiger partial charge in [-0.25, -0.2) is 0 Å². The van der Waals surface area contributed by atoms with Crippen molar-refractivity contribution in [1.29, 1.82) is 0 Å². The summed E-state index contributed by atoms with van der Waals surface area (Å²) in [4.78, 5) is 7.00. The molecule has 7 aromatic carbocycles. The van der Waals surface area contributed by atoms with Crippen molar-refractivity contribution in [2.45, 2.75) is 57.8 Å². The van der Waals surface area contributed by atoms with E-state index in [2.05, 4.69) is 209 Å². The molecule has 0 spiro atoms. The summed E-state index contributed by atoms with van der Waals surface area (Å²) < 4.78 is 0. The fraction of sp³-hybridized carbons (Fsp3) is 0.161. The Balaban J connectivity index is 1.18. The summed E-state index contributed by atoms with van der Waals surface area (Å²) in [6.07, 6.45) is 3.84. The van der Waals surface area contributed by atoms with Gasteiger partial charge in [0.05, 0.1) is 5.69 Å². The van der Waals surface area contributed by atoms with E-state index >= 15 is 0 Å². The number of nitrogens with zero attached hydrogens (tertiary/aromatic N) is 2. The van der Waals surface area contributed by atoms with E-state index in [0.717, 1.165) is 17.1 Å². The van der Waals surface area contributed by atoms with Gasteiger partial charge < -0.3 is 4.90 Å². The predicted molar refractivity (Wildman–Crippen MR) is 242 cm³/mol. The second-order valence-corrected chi connectivity index (χ2v) is 18.0. The molecule has 0 bridgehead atoms. The van der Waals surface area contributed by atoms with E-state index in [9.17, 15) is 0 Å². The Morgan fingerprint density at radius 1 is 0.328 bits per heavy atom. The van der Waals surface area contributed by atoms with Gasteiger partial charge >= 0.3 is 0 Å². The first kappa shape index (κ1) is 34.7. The van der Waals surface area contributed by atoms with Crippen molar-refractivity contribution in [3.05, 3.63) is 203 Å². The van der Waals surface area contributed by atoms with Gasteiger partial charge in [-0.15, -0.1) is 0 Å². The minimum Gasteiger partial charge on any atom is -0.309 e. The molecular formula is C56H46N2. The molecule has 1 aromatic heterocycles. The molecule has 58 heavy (non-hydrogen) atoms. The third kappa shape index (κ3) is 4.81. The highest BCUT2D eigenvalue weighted by molar-refractivity contribution is 6.00. The van der Waals surface area contributed by atoms with Crippen LogP contribution in [0, 0.1) is 0 Å². The summed E-state index contributed by atoms with van der Waals surface area (Å²) in [5.74, 6) is 0. The van der Waals surface area contributed by atoms with Gasteiger partial charge in [0.2, 0.25) is 0 Å². The Hall–Kier alpha value is -6.51. The zero-order valence-corrected chi connectivity index (χ0v) is 34.1. The van der Waals surface area contributed by atoms with Crippen molar-refractivity contribution in [3.63, 3.8) is 0 Å². The second-order valence-electron chi connectivity index (χ2n) is 18.0. The summed E-state index contributed by atoms with van der Waals surface area (Å²) in [5.41, 5.74) is 24.0. The number of pyridine rings is 1. The largest absolute Gasteiger partial charge is 0.309 e. The predicted octanol–water partition coefficient (Wildman–Crippen LogP) is 14.8. The molecule has 0 saturated carbocycles. The first-order valence-corrected chi connectivity index (χ1v) is 20.6. The quantitative estimate of drug-likeness (QED) is 0.174. The van der Waals surface area contributed by atoms with Gasteiger partial charge in [0.1, 0.15) is 0 Å². The number of fused-ring (bicyclic) bond motifs is 9. The minimum absolute atomic E-state index is 0.119. The normalized spacial score (nSPS) is 15.5. The van der Waals surface area contributed by atoms with E-state index in [1.807, 2.05) is 12.4 Å².